The van der Waals surface area contributed by atoms with Crippen LogP contribution < -0.4 is 4.90 Å². The molecular formula is C17H19NO. The first-order chi connectivity index (χ1) is 9.33. The van der Waals surface area contributed by atoms with Gasteiger partial charge in [0.05, 0.1) is 0 Å². The molecule has 0 spiro atoms. The monoisotopic (exact) mass is 253 g/mol. The molecule has 0 aromatic heterocycles. The fourth-order valence-electron chi connectivity index (χ4n) is 2.72. The number of hydrogen-bond acceptors (Lipinski definition) is 2. The van der Waals surface area contributed by atoms with Gasteiger partial charge in [-0.05, 0) is 54.7 Å². The third-order valence-corrected chi connectivity index (χ3v) is 3.75. The third kappa shape index (κ3) is 2.73. The largest absolute Gasteiger partial charge is 0.508 e. The number of hydrogen-bond donors (Lipinski definition) is 1. The van der Waals surface area contributed by atoms with Gasteiger partial charge in [-0.25, -0.2) is 0 Å². The number of phenolic OH excluding ortho intramolecular Hbond substituents is 1. The summed E-state index contributed by atoms with van der Waals surface area (Å²) in [6.45, 7) is 2.31. The molecule has 19 heavy (non-hydrogen) atoms. The molecule has 1 aliphatic rings. The summed E-state index contributed by atoms with van der Waals surface area (Å²) in [7, 11) is 0. The van der Waals surface area contributed by atoms with Gasteiger partial charge in [-0.1, -0.05) is 24.3 Å². The summed E-state index contributed by atoms with van der Waals surface area (Å²) in [5.74, 6) is 0.320. The van der Waals surface area contributed by atoms with E-state index in [1.807, 2.05) is 18.2 Å². The topological polar surface area (TPSA) is 23.5 Å². The molecular weight excluding hydrogens is 234 g/mol. The van der Waals surface area contributed by atoms with E-state index in [0.29, 0.717) is 5.75 Å². The summed E-state index contributed by atoms with van der Waals surface area (Å²) >= 11 is 0. The zero-order valence-corrected chi connectivity index (χ0v) is 11.0. The van der Waals surface area contributed by atoms with Crippen LogP contribution in [0.1, 0.15) is 19.3 Å². The number of piperidine rings is 1. The molecule has 2 nitrogen and oxygen atoms in total. The van der Waals surface area contributed by atoms with Crippen LogP contribution >= 0.6 is 0 Å². The van der Waals surface area contributed by atoms with Gasteiger partial charge in [0, 0.05) is 18.8 Å². The molecule has 2 aromatic carbocycles. The van der Waals surface area contributed by atoms with E-state index in [-0.39, 0.29) is 0 Å². The fourth-order valence-corrected chi connectivity index (χ4v) is 2.72. The Labute approximate surface area is 114 Å². The lowest BCUT2D eigenvalue weighted by Crippen LogP contribution is -2.29. The zero-order valence-electron chi connectivity index (χ0n) is 11.0. The summed E-state index contributed by atoms with van der Waals surface area (Å²) in [4.78, 5) is 2.45. The van der Waals surface area contributed by atoms with Gasteiger partial charge >= 0.3 is 0 Å². The molecule has 1 N–H and O–H groups in total. The first-order valence-electron chi connectivity index (χ1n) is 6.97. The SMILES string of the molecule is Oc1cccc(-c2cccc(N3CCCCC3)c2)c1. The quantitative estimate of drug-likeness (QED) is 0.872. The van der Waals surface area contributed by atoms with Crippen LogP contribution in [-0.2, 0) is 0 Å². The van der Waals surface area contributed by atoms with Gasteiger partial charge in [-0.2, -0.15) is 0 Å². The second-order valence-electron chi connectivity index (χ2n) is 5.15. The summed E-state index contributed by atoms with van der Waals surface area (Å²) < 4.78 is 0. The lowest BCUT2D eigenvalue weighted by Gasteiger charge is -2.29. The van der Waals surface area contributed by atoms with Crippen molar-refractivity contribution < 1.29 is 5.11 Å². The van der Waals surface area contributed by atoms with Gasteiger partial charge in [0.1, 0.15) is 5.75 Å². The summed E-state index contributed by atoms with van der Waals surface area (Å²) in [5.41, 5.74) is 3.53. The van der Waals surface area contributed by atoms with Crippen LogP contribution in [0.25, 0.3) is 11.1 Å². The number of benzene rings is 2. The van der Waals surface area contributed by atoms with E-state index in [1.54, 1.807) is 6.07 Å². The molecule has 0 aliphatic carbocycles. The maximum Gasteiger partial charge on any atom is 0.116 e. The third-order valence-electron chi connectivity index (χ3n) is 3.75. The lowest BCUT2D eigenvalue weighted by molar-refractivity contribution is 0.475. The molecule has 1 fully saturated rings. The molecule has 98 valence electrons. The number of nitrogens with zero attached hydrogens (tertiary/aromatic N) is 1. The smallest absolute Gasteiger partial charge is 0.116 e. The molecule has 0 saturated carbocycles. The molecule has 1 saturated heterocycles. The molecule has 0 unspecified atom stereocenters. The Morgan fingerprint density at radius 3 is 2.21 bits per heavy atom. The highest BCUT2D eigenvalue weighted by Gasteiger charge is 2.11. The second-order valence-corrected chi connectivity index (χ2v) is 5.15. The summed E-state index contributed by atoms with van der Waals surface area (Å²) in [6, 6.07) is 16.0. The molecule has 2 heteroatoms. The van der Waals surface area contributed by atoms with Gasteiger partial charge in [-0.3, -0.25) is 0 Å². The fraction of sp³-hybridized carbons (Fsp3) is 0.294. The minimum Gasteiger partial charge on any atom is -0.508 e. The summed E-state index contributed by atoms with van der Waals surface area (Å²) in [5, 5.41) is 9.58. The van der Waals surface area contributed by atoms with E-state index in [2.05, 4.69) is 29.2 Å². The van der Waals surface area contributed by atoms with Crippen molar-refractivity contribution in [1.82, 2.24) is 0 Å². The Morgan fingerprint density at radius 1 is 0.789 bits per heavy atom. The average molecular weight is 253 g/mol. The van der Waals surface area contributed by atoms with Crippen LogP contribution in [0.15, 0.2) is 48.5 Å². The van der Waals surface area contributed by atoms with Crippen LogP contribution in [0.5, 0.6) is 5.75 Å². The van der Waals surface area contributed by atoms with Crippen LogP contribution in [0.4, 0.5) is 5.69 Å². The normalized spacial score (nSPS) is 15.5. The van der Waals surface area contributed by atoms with Gasteiger partial charge in [0.25, 0.3) is 0 Å². The summed E-state index contributed by atoms with van der Waals surface area (Å²) in [6.07, 6.45) is 3.93. The van der Waals surface area contributed by atoms with Crippen molar-refractivity contribution in [1.29, 1.82) is 0 Å². The number of rotatable bonds is 2. The van der Waals surface area contributed by atoms with Crippen molar-refractivity contribution in [3.63, 3.8) is 0 Å². The first kappa shape index (κ1) is 12.1. The second kappa shape index (κ2) is 5.35. The Hall–Kier alpha value is -1.96. The van der Waals surface area contributed by atoms with E-state index in [1.165, 1.54) is 30.5 Å². The maximum absolute atomic E-state index is 9.58. The molecule has 2 aromatic rings. The zero-order chi connectivity index (χ0) is 13.1. The van der Waals surface area contributed by atoms with Gasteiger partial charge in [0.15, 0.2) is 0 Å². The maximum atomic E-state index is 9.58. The minimum atomic E-state index is 0.320. The van der Waals surface area contributed by atoms with Gasteiger partial charge < -0.3 is 10.0 Å². The Morgan fingerprint density at radius 2 is 1.47 bits per heavy atom. The van der Waals surface area contributed by atoms with Crippen molar-refractivity contribution in [2.45, 2.75) is 19.3 Å². The lowest BCUT2D eigenvalue weighted by atomic mass is 10.0. The van der Waals surface area contributed by atoms with E-state index in [0.717, 1.165) is 18.7 Å². The van der Waals surface area contributed by atoms with Crippen molar-refractivity contribution in [2.75, 3.05) is 18.0 Å². The first-order valence-corrected chi connectivity index (χ1v) is 6.97. The van der Waals surface area contributed by atoms with Crippen LogP contribution in [0.2, 0.25) is 0 Å². The Balaban J connectivity index is 1.91. The molecule has 1 aliphatic heterocycles. The number of phenols is 1. The van der Waals surface area contributed by atoms with Gasteiger partial charge in [0.2, 0.25) is 0 Å². The van der Waals surface area contributed by atoms with Crippen molar-refractivity contribution in [2.24, 2.45) is 0 Å². The van der Waals surface area contributed by atoms with E-state index in [4.69, 9.17) is 0 Å². The molecule has 0 amide bonds. The molecule has 0 atom stereocenters. The predicted octanol–water partition coefficient (Wildman–Crippen LogP) is 4.05. The number of aromatic hydroxyl groups is 1. The Bertz CT molecular complexity index is 559. The minimum absolute atomic E-state index is 0.320. The van der Waals surface area contributed by atoms with Crippen molar-refractivity contribution in [3.8, 4) is 16.9 Å². The highest BCUT2D eigenvalue weighted by atomic mass is 16.3. The van der Waals surface area contributed by atoms with Gasteiger partial charge in [-0.15, -0.1) is 0 Å². The van der Waals surface area contributed by atoms with E-state index < -0.39 is 0 Å². The molecule has 3 rings (SSSR count). The number of anilines is 1. The molecule has 0 bridgehead atoms. The van der Waals surface area contributed by atoms with Crippen LogP contribution in [0, 0.1) is 0 Å². The highest BCUT2D eigenvalue weighted by molar-refractivity contribution is 5.69. The highest BCUT2D eigenvalue weighted by Crippen LogP contribution is 2.28. The van der Waals surface area contributed by atoms with Crippen molar-refractivity contribution in [3.05, 3.63) is 48.5 Å². The van der Waals surface area contributed by atoms with E-state index in [9.17, 15) is 5.11 Å². The van der Waals surface area contributed by atoms with Crippen LogP contribution in [0.3, 0.4) is 0 Å². The van der Waals surface area contributed by atoms with Crippen LogP contribution in [-0.4, -0.2) is 18.2 Å². The van der Waals surface area contributed by atoms with E-state index >= 15 is 0 Å². The molecule has 0 radical (unpaired) electrons. The Kier molecular flexibility index (Phi) is 3.41. The average Bonchev–Trinajstić information content (AvgIpc) is 2.48. The standard InChI is InChI=1S/C17H19NO/c19-17-9-5-7-15(13-17)14-6-4-8-16(12-14)18-10-2-1-3-11-18/h4-9,12-13,19H,1-3,10-11H2. The van der Waals surface area contributed by atoms with Crippen molar-refractivity contribution >= 4 is 5.69 Å². The predicted molar refractivity (Wildman–Crippen MR) is 79.6 cm³/mol. The molecule has 1 heterocycles.